The standard InChI is InChI=1S/C29H40N4O6/c1-18(2)39-29(36)26(20(4)34)30-10-13-38-23-6-7-25-24(15-23)31-27(22-14-19(3)28(35)32(5)17-22)33(25)16-21-8-11-37-12-9-21/h6-7,14-15,17-18,20-21,26,30,34H,8-13,16H2,1-5H3/t20?,26-/m0/s1. The third-order valence-electron chi connectivity index (χ3n) is 6.95. The van der Waals surface area contributed by atoms with Crippen LogP contribution in [0.1, 0.15) is 39.2 Å². The van der Waals surface area contributed by atoms with Gasteiger partial charge >= 0.3 is 5.97 Å². The summed E-state index contributed by atoms with van der Waals surface area (Å²) in [7, 11) is 1.76. The van der Waals surface area contributed by atoms with Gasteiger partial charge in [-0.05, 0) is 64.7 Å². The van der Waals surface area contributed by atoms with Crippen molar-refractivity contribution in [3.05, 3.63) is 46.4 Å². The molecule has 2 aromatic heterocycles. The summed E-state index contributed by atoms with van der Waals surface area (Å²) in [4.78, 5) is 29.5. The van der Waals surface area contributed by atoms with Crippen molar-refractivity contribution in [1.82, 2.24) is 19.4 Å². The van der Waals surface area contributed by atoms with Crippen molar-refractivity contribution in [3.8, 4) is 17.1 Å². The molecular formula is C29H40N4O6. The lowest BCUT2D eigenvalue weighted by Crippen LogP contribution is -2.47. The fourth-order valence-corrected chi connectivity index (χ4v) is 4.93. The molecule has 0 radical (unpaired) electrons. The van der Waals surface area contributed by atoms with E-state index >= 15 is 0 Å². The van der Waals surface area contributed by atoms with Gasteiger partial charge in [0.05, 0.1) is 23.2 Å². The van der Waals surface area contributed by atoms with Gasteiger partial charge in [0.1, 0.15) is 24.2 Å². The zero-order valence-electron chi connectivity index (χ0n) is 23.5. The molecule has 10 nitrogen and oxygen atoms in total. The van der Waals surface area contributed by atoms with E-state index in [1.807, 2.05) is 37.4 Å². The molecule has 3 aromatic rings. The molecule has 3 heterocycles. The zero-order chi connectivity index (χ0) is 28.1. The maximum absolute atomic E-state index is 12.3. The van der Waals surface area contributed by atoms with Crippen LogP contribution in [0, 0.1) is 12.8 Å². The summed E-state index contributed by atoms with van der Waals surface area (Å²) in [5.41, 5.74) is 3.34. The number of hydrogen-bond donors (Lipinski definition) is 2. The van der Waals surface area contributed by atoms with Crippen molar-refractivity contribution < 1.29 is 24.1 Å². The van der Waals surface area contributed by atoms with E-state index in [9.17, 15) is 14.7 Å². The van der Waals surface area contributed by atoms with Gasteiger partial charge in [-0.15, -0.1) is 0 Å². The number of ether oxygens (including phenoxy) is 3. The topological polar surface area (TPSA) is 117 Å². The maximum Gasteiger partial charge on any atom is 0.326 e. The lowest BCUT2D eigenvalue weighted by atomic mass is 10.00. The molecule has 39 heavy (non-hydrogen) atoms. The summed E-state index contributed by atoms with van der Waals surface area (Å²) in [6, 6.07) is 6.91. The molecule has 1 unspecified atom stereocenters. The van der Waals surface area contributed by atoms with E-state index in [1.54, 1.807) is 32.4 Å². The minimum Gasteiger partial charge on any atom is -0.492 e. The summed E-state index contributed by atoms with van der Waals surface area (Å²) in [5.74, 6) is 1.46. The number of aromatic nitrogens is 3. The Hall–Kier alpha value is -3.21. The molecule has 4 rings (SSSR count). The Morgan fingerprint density at radius 2 is 1.97 bits per heavy atom. The Morgan fingerprint density at radius 3 is 2.64 bits per heavy atom. The lowest BCUT2D eigenvalue weighted by Gasteiger charge is -2.23. The second-order valence-electron chi connectivity index (χ2n) is 10.6. The van der Waals surface area contributed by atoms with Gasteiger partial charge in [-0.3, -0.25) is 14.9 Å². The fourth-order valence-electron chi connectivity index (χ4n) is 4.93. The summed E-state index contributed by atoms with van der Waals surface area (Å²) in [5, 5.41) is 13.0. The first-order chi connectivity index (χ1) is 18.6. The average molecular weight is 541 g/mol. The number of pyridine rings is 1. The van der Waals surface area contributed by atoms with Gasteiger partial charge in [0.2, 0.25) is 0 Å². The molecule has 2 N–H and O–H groups in total. The highest BCUT2D eigenvalue weighted by molar-refractivity contribution is 5.82. The molecule has 10 heteroatoms. The molecular weight excluding hydrogens is 500 g/mol. The molecule has 0 spiro atoms. The number of fused-ring (bicyclic) bond motifs is 1. The number of imidazole rings is 1. The molecule has 1 aliphatic rings. The second-order valence-corrected chi connectivity index (χ2v) is 10.6. The summed E-state index contributed by atoms with van der Waals surface area (Å²) in [6.07, 6.45) is 2.68. The Bertz CT molecular complexity index is 1310. The number of aliphatic hydroxyl groups excluding tert-OH is 1. The highest BCUT2D eigenvalue weighted by Crippen LogP contribution is 2.30. The number of rotatable bonds is 11. The molecule has 212 valence electrons. The molecule has 0 amide bonds. The first-order valence-electron chi connectivity index (χ1n) is 13.6. The minimum atomic E-state index is -0.896. The van der Waals surface area contributed by atoms with Crippen LogP contribution in [0.4, 0.5) is 0 Å². The van der Waals surface area contributed by atoms with Crippen LogP contribution in [0.2, 0.25) is 0 Å². The van der Waals surface area contributed by atoms with Gasteiger partial charge in [0, 0.05) is 56.7 Å². The Labute approximate surface area is 228 Å². The van der Waals surface area contributed by atoms with E-state index in [0.29, 0.717) is 30.4 Å². The van der Waals surface area contributed by atoms with Crippen LogP contribution in [0.3, 0.4) is 0 Å². The zero-order valence-corrected chi connectivity index (χ0v) is 23.5. The van der Waals surface area contributed by atoms with Crippen molar-refractivity contribution in [1.29, 1.82) is 0 Å². The van der Waals surface area contributed by atoms with Gasteiger partial charge in [0.25, 0.3) is 5.56 Å². The van der Waals surface area contributed by atoms with E-state index in [-0.39, 0.29) is 11.7 Å². The third kappa shape index (κ3) is 7.06. The van der Waals surface area contributed by atoms with Crippen LogP contribution in [-0.4, -0.2) is 69.8 Å². The van der Waals surface area contributed by atoms with E-state index < -0.39 is 18.1 Å². The van der Waals surface area contributed by atoms with Crippen LogP contribution in [0.5, 0.6) is 5.75 Å². The quantitative estimate of drug-likeness (QED) is 0.282. The number of carbonyl (C=O) groups is 1. The number of nitrogens with one attached hydrogen (secondary N) is 1. The molecule has 0 aliphatic carbocycles. The number of nitrogens with zero attached hydrogens (tertiary/aromatic N) is 3. The van der Waals surface area contributed by atoms with Gasteiger partial charge in [-0.2, -0.15) is 0 Å². The molecule has 0 bridgehead atoms. The number of hydrogen-bond acceptors (Lipinski definition) is 8. The van der Waals surface area contributed by atoms with Crippen LogP contribution < -0.4 is 15.6 Å². The Morgan fingerprint density at radius 1 is 1.23 bits per heavy atom. The van der Waals surface area contributed by atoms with E-state index in [2.05, 4.69) is 9.88 Å². The molecule has 2 atom stereocenters. The van der Waals surface area contributed by atoms with Crippen LogP contribution >= 0.6 is 0 Å². The SMILES string of the molecule is Cc1cc(-c2nc3cc(OCCN[C@H](C(=O)OC(C)C)C(C)O)ccc3n2CC2CCOCC2)cn(C)c1=O. The summed E-state index contributed by atoms with van der Waals surface area (Å²) >= 11 is 0. The normalized spacial score (nSPS) is 16.0. The predicted octanol–water partition coefficient (Wildman–Crippen LogP) is 2.81. The number of benzene rings is 1. The van der Waals surface area contributed by atoms with Crippen LogP contribution in [0.15, 0.2) is 35.3 Å². The van der Waals surface area contributed by atoms with Crippen LogP contribution in [0.25, 0.3) is 22.4 Å². The number of aliphatic hydroxyl groups is 1. The lowest BCUT2D eigenvalue weighted by molar-refractivity contribution is -0.152. The fraction of sp³-hybridized carbons (Fsp3) is 0.552. The number of aryl methyl sites for hydroxylation is 2. The van der Waals surface area contributed by atoms with Crippen molar-refractivity contribution in [3.63, 3.8) is 0 Å². The largest absolute Gasteiger partial charge is 0.492 e. The number of esters is 1. The van der Waals surface area contributed by atoms with Gasteiger partial charge < -0.3 is 28.5 Å². The van der Waals surface area contributed by atoms with Gasteiger partial charge in [-0.1, -0.05) is 0 Å². The van der Waals surface area contributed by atoms with E-state index in [0.717, 1.165) is 55.0 Å². The molecule has 1 aliphatic heterocycles. The summed E-state index contributed by atoms with van der Waals surface area (Å²) in [6.45, 7) is 9.90. The maximum atomic E-state index is 12.3. The van der Waals surface area contributed by atoms with Crippen LogP contribution in [-0.2, 0) is 27.9 Å². The van der Waals surface area contributed by atoms with E-state index in [1.165, 1.54) is 0 Å². The number of carbonyl (C=O) groups excluding carboxylic acids is 1. The molecule has 1 saturated heterocycles. The second kappa shape index (κ2) is 12.8. The van der Waals surface area contributed by atoms with Crippen molar-refractivity contribution in [2.45, 2.75) is 65.3 Å². The average Bonchev–Trinajstić information content (AvgIpc) is 3.24. The van der Waals surface area contributed by atoms with Gasteiger partial charge in [-0.25, -0.2) is 4.98 Å². The smallest absolute Gasteiger partial charge is 0.326 e. The van der Waals surface area contributed by atoms with Crippen molar-refractivity contribution in [2.24, 2.45) is 13.0 Å². The van der Waals surface area contributed by atoms with Crippen molar-refractivity contribution >= 4 is 17.0 Å². The van der Waals surface area contributed by atoms with Crippen molar-refractivity contribution in [2.75, 3.05) is 26.4 Å². The van der Waals surface area contributed by atoms with Gasteiger partial charge in [0.15, 0.2) is 0 Å². The molecule has 1 aromatic carbocycles. The first-order valence-corrected chi connectivity index (χ1v) is 13.6. The Kier molecular flexibility index (Phi) is 9.42. The highest BCUT2D eigenvalue weighted by Gasteiger charge is 2.25. The molecule has 1 fully saturated rings. The minimum absolute atomic E-state index is 0.0227. The highest BCUT2D eigenvalue weighted by atomic mass is 16.5. The summed E-state index contributed by atoms with van der Waals surface area (Å²) < 4.78 is 20.6. The Balaban J connectivity index is 1.54. The predicted molar refractivity (Wildman–Crippen MR) is 149 cm³/mol. The third-order valence-corrected chi connectivity index (χ3v) is 6.95. The monoisotopic (exact) mass is 540 g/mol. The molecule has 0 saturated carbocycles. The first kappa shape index (κ1) is 28.8. The van der Waals surface area contributed by atoms with E-state index in [4.69, 9.17) is 19.2 Å².